The molecule has 0 spiro atoms. The van der Waals surface area contributed by atoms with Crippen LogP contribution in [0.4, 0.5) is 10.5 Å². The summed E-state index contributed by atoms with van der Waals surface area (Å²) in [4.78, 5) is 32.4. The number of benzene rings is 1. The van der Waals surface area contributed by atoms with Gasteiger partial charge in [0.15, 0.2) is 5.69 Å². The molecular formula is C11H8N4O5. The Labute approximate surface area is 111 Å². The number of primary amides is 1. The highest BCUT2D eigenvalue weighted by Crippen LogP contribution is 2.17. The number of ether oxygens (including phenoxy) is 1. The Morgan fingerprint density at radius 3 is 2.40 bits per heavy atom. The molecule has 0 saturated carbocycles. The van der Waals surface area contributed by atoms with E-state index in [1.54, 1.807) is 0 Å². The number of non-ortho nitro benzene ring substituents is 1. The zero-order valence-corrected chi connectivity index (χ0v) is 9.92. The van der Waals surface area contributed by atoms with E-state index in [-0.39, 0.29) is 17.1 Å². The molecular weight excluding hydrogens is 268 g/mol. The van der Waals surface area contributed by atoms with Gasteiger partial charge in [-0.2, -0.15) is 9.78 Å². The van der Waals surface area contributed by atoms with Crippen molar-refractivity contribution in [2.75, 3.05) is 0 Å². The zero-order valence-electron chi connectivity index (χ0n) is 9.92. The Kier molecular flexibility index (Phi) is 3.42. The molecule has 0 bridgehead atoms. The summed E-state index contributed by atoms with van der Waals surface area (Å²) in [6.07, 6.45) is 0.347. The summed E-state index contributed by atoms with van der Waals surface area (Å²) >= 11 is 0. The van der Waals surface area contributed by atoms with Crippen LogP contribution in [0.1, 0.15) is 10.5 Å². The first kappa shape index (κ1) is 13.2. The first-order valence-corrected chi connectivity index (χ1v) is 5.29. The molecule has 1 aromatic carbocycles. The lowest BCUT2D eigenvalue weighted by molar-refractivity contribution is -0.384. The minimum atomic E-state index is -0.869. The van der Waals surface area contributed by atoms with Gasteiger partial charge in [0.25, 0.3) is 11.6 Å². The van der Waals surface area contributed by atoms with E-state index in [2.05, 4.69) is 5.10 Å². The summed E-state index contributed by atoms with van der Waals surface area (Å²) in [5.41, 5.74) is 4.79. The predicted molar refractivity (Wildman–Crippen MR) is 65.3 cm³/mol. The van der Waals surface area contributed by atoms with Crippen LogP contribution in [0.25, 0.3) is 0 Å². The van der Waals surface area contributed by atoms with Gasteiger partial charge in [-0.15, -0.1) is 0 Å². The number of rotatable bonds is 3. The van der Waals surface area contributed by atoms with Gasteiger partial charge in [0.1, 0.15) is 5.75 Å². The van der Waals surface area contributed by atoms with E-state index in [1.807, 2.05) is 0 Å². The summed E-state index contributed by atoms with van der Waals surface area (Å²) in [5.74, 6) is -0.663. The lowest BCUT2D eigenvalue weighted by Gasteiger charge is -2.03. The molecule has 0 saturated heterocycles. The average Bonchev–Trinajstić information content (AvgIpc) is 2.89. The van der Waals surface area contributed by atoms with Crippen LogP contribution in [0.15, 0.2) is 36.5 Å². The van der Waals surface area contributed by atoms with Crippen LogP contribution < -0.4 is 10.5 Å². The van der Waals surface area contributed by atoms with Crippen molar-refractivity contribution in [3.8, 4) is 5.75 Å². The lowest BCUT2D eigenvalue weighted by Crippen LogP contribution is -2.19. The third-order valence-corrected chi connectivity index (χ3v) is 2.28. The highest BCUT2D eigenvalue weighted by molar-refractivity contribution is 5.91. The molecule has 0 fully saturated rings. The first-order chi connectivity index (χ1) is 9.47. The smallest absolute Gasteiger partial charge is 0.409 e. The van der Waals surface area contributed by atoms with Crippen LogP contribution in [-0.2, 0) is 0 Å². The topological polar surface area (TPSA) is 130 Å². The van der Waals surface area contributed by atoms with E-state index in [4.69, 9.17) is 10.5 Å². The van der Waals surface area contributed by atoms with Crippen LogP contribution in [0.3, 0.4) is 0 Å². The molecule has 0 atom stereocenters. The SMILES string of the molecule is NC(=O)c1ccn(C(=O)Oc2ccc([N+](=O)[O-])cc2)n1. The molecule has 2 N–H and O–H groups in total. The van der Waals surface area contributed by atoms with Crippen molar-refractivity contribution in [2.45, 2.75) is 0 Å². The Bertz CT molecular complexity index is 676. The van der Waals surface area contributed by atoms with Gasteiger partial charge in [-0.05, 0) is 18.2 Å². The van der Waals surface area contributed by atoms with Crippen molar-refractivity contribution in [1.82, 2.24) is 9.78 Å². The fourth-order valence-electron chi connectivity index (χ4n) is 1.34. The fourth-order valence-corrected chi connectivity index (χ4v) is 1.34. The Balaban J connectivity index is 2.10. The second-order valence-electron chi connectivity index (χ2n) is 3.63. The maximum absolute atomic E-state index is 11.7. The number of nitro benzene ring substituents is 1. The number of nitrogens with two attached hydrogens (primary N) is 1. The van der Waals surface area contributed by atoms with Gasteiger partial charge < -0.3 is 10.5 Å². The standard InChI is InChI=1S/C11H8N4O5/c12-10(16)9-5-6-14(13-9)11(17)20-8-3-1-7(2-4-8)15(18)19/h1-6H,(H2,12,16). The van der Waals surface area contributed by atoms with Gasteiger partial charge in [0, 0.05) is 18.3 Å². The minimum Gasteiger partial charge on any atom is -0.409 e. The second-order valence-corrected chi connectivity index (χ2v) is 3.63. The first-order valence-electron chi connectivity index (χ1n) is 5.29. The molecule has 0 radical (unpaired) electrons. The number of carbonyl (C=O) groups is 2. The third-order valence-electron chi connectivity index (χ3n) is 2.28. The molecule has 1 aromatic heterocycles. The summed E-state index contributed by atoms with van der Waals surface area (Å²) < 4.78 is 5.71. The second kappa shape index (κ2) is 5.18. The highest BCUT2D eigenvalue weighted by Gasteiger charge is 2.13. The quantitative estimate of drug-likeness (QED) is 0.655. The minimum absolute atomic E-state index is 0.0781. The van der Waals surface area contributed by atoms with Crippen molar-refractivity contribution in [3.05, 3.63) is 52.3 Å². The number of carbonyl (C=O) groups excluding carboxylic acids is 2. The fraction of sp³-hybridized carbons (Fsp3) is 0. The van der Waals surface area contributed by atoms with Crippen molar-refractivity contribution >= 4 is 17.7 Å². The molecule has 1 heterocycles. The third kappa shape index (κ3) is 2.77. The molecule has 102 valence electrons. The van der Waals surface area contributed by atoms with Crippen molar-refractivity contribution in [2.24, 2.45) is 5.73 Å². The predicted octanol–water partition coefficient (Wildman–Crippen LogP) is 0.937. The lowest BCUT2D eigenvalue weighted by atomic mass is 10.3. The van der Waals surface area contributed by atoms with E-state index in [0.717, 1.165) is 4.68 Å². The summed E-state index contributed by atoms with van der Waals surface area (Å²) in [5, 5.41) is 14.1. The summed E-state index contributed by atoms with van der Waals surface area (Å²) in [7, 11) is 0. The van der Waals surface area contributed by atoms with Gasteiger partial charge in [0.2, 0.25) is 0 Å². The molecule has 0 aliphatic carbocycles. The van der Waals surface area contributed by atoms with Crippen LogP contribution >= 0.6 is 0 Å². The molecule has 2 rings (SSSR count). The monoisotopic (exact) mass is 276 g/mol. The number of amides is 1. The van der Waals surface area contributed by atoms with Crippen LogP contribution in [0.2, 0.25) is 0 Å². The van der Waals surface area contributed by atoms with Crippen LogP contribution in [0, 0.1) is 10.1 Å². The highest BCUT2D eigenvalue weighted by atomic mass is 16.6. The maximum atomic E-state index is 11.7. The van der Waals surface area contributed by atoms with Crippen molar-refractivity contribution < 1.29 is 19.2 Å². The maximum Gasteiger partial charge on any atom is 0.440 e. The summed E-state index contributed by atoms with van der Waals surface area (Å²) in [6, 6.07) is 6.20. The molecule has 1 amide bonds. The Morgan fingerprint density at radius 2 is 1.90 bits per heavy atom. The summed E-state index contributed by atoms with van der Waals surface area (Å²) in [6.45, 7) is 0. The van der Waals surface area contributed by atoms with E-state index in [9.17, 15) is 19.7 Å². The number of nitro groups is 1. The molecule has 0 aliphatic heterocycles. The van der Waals surface area contributed by atoms with Crippen molar-refractivity contribution in [3.63, 3.8) is 0 Å². The van der Waals surface area contributed by atoms with Gasteiger partial charge in [-0.25, -0.2) is 4.79 Å². The number of hydrogen-bond donors (Lipinski definition) is 1. The van der Waals surface area contributed by atoms with Crippen LogP contribution in [-0.4, -0.2) is 26.7 Å². The normalized spacial score (nSPS) is 10.0. The van der Waals surface area contributed by atoms with Gasteiger partial charge in [0.05, 0.1) is 4.92 Å². The average molecular weight is 276 g/mol. The van der Waals surface area contributed by atoms with Crippen LogP contribution in [0.5, 0.6) is 5.75 Å². The number of nitrogens with zero attached hydrogens (tertiary/aromatic N) is 3. The molecule has 9 nitrogen and oxygen atoms in total. The van der Waals surface area contributed by atoms with E-state index >= 15 is 0 Å². The molecule has 9 heteroatoms. The van der Waals surface area contributed by atoms with E-state index in [1.165, 1.54) is 36.5 Å². The molecule has 0 aliphatic rings. The van der Waals surface area contributed by atoms with E-state index < -0.39 is 16.9 Å². The Morgan fingerprint density at radius 1 is 1.25 bits per heavy atom. The Hall–Kier alpha value is -3.23. The van der Waals surface area contributed by atoms with Crippen molar-refractivity contribution in [1.29, 1.82) is 0 Å². The van der Waals surface area contributed by atoms with Gasteiger partial charge in [-0.1, -0.05) is 0 Å². The number of aromatic nitrogens is 2. The molecule has 0 unspecified atom stereocenters. The van der Waals surface area contributed by atoms with Gasteiger partial charge in [-0.3, -0.25) is 14.9 Å². The van der Waals surface area contributed by atoms with E-state index in [0.29, 0.717) is 0 Å². The zero-order chi connectivity index (χ0) is 14.7. The largest absolute Gasteiger partial charge is 0.440 e. The van der Waals surface area contributed by atoms with Gasteiger partial charge >= 0.3 is 6.09 Å². The molecule has 2 aromatic rings. The molecule has 20 heavy (non-hydrogen) atoms. The number of hydrogen-bond acceptors (Lipinski definition) is 6.